The molecule has 0 bridgehead atoms. The lowest BCUT2D eigenvalue weighted by atomic mass is 10.2. The van der Waals surface area contributed by atoms with Crippen LogP contribution in [0.5, 0.6) is 11.5 Å². The molecule has 0 radical (unpaired) electrons. The topological polar surface area (TPSA) is 77.8 Å². The molecule has 4 aromatic rings. The highest BCUT2D eigenvalue weighted by Crippen LogP contribution is 2.33. The zero-order valence-electron chi connectivity index (χ0n) is 15.9. The number of anilines is 1. The number of halogens is 2. The van der Waals surface area contributed by atoms with Crippen LogP contribution in [0.25, 0.3) is 16.2 Å². The molecular weight excluding hydrogens is 447 g/mol. The van der Waals surface area contributed by atoms with Gasteiger partial charge in [-0.15, -0.1) is 16.4 Å². The van der Waals surface area contributed by atoms with Gasteiger partial charge in [0.1, 0.15) is 11.5 Å². The second-order valence-corrected chi connectivity index (χ2v) is 7.98. The Morgan fingerprint density at radius 2 is 1.90 bits per heavy atom. The lowest BCUT2D eigenvalue weighted by Gasteiger charge is -2.13. The molecule has 0 spiro atoms. The SMILES string of the molecule is COc1ccc(OC(C)C(=O)Nc2nc3scc(-c4cc(Cl)ccc4Cl)n3n2)cc1. The molecule has 2 aromatic carbocycles. The van der Waals surface area contributed by atoms with Gasteiger partial charge in [0.05, 0.1) is 17.8 Å². The van der Waals surface area contributed by atoms with E-state index in [1.165, 1.54) is 11.3 Å². The number of nitrogens with one attached hydrogen (secondary N) is 1. The number of amides is 1. The first-order chi connectivity index (χ1) is 14.4. The van der Waals surface area contributed by atoms with Gasteiger partial charge in [-0.25, -0.2) is 4.52 Å². The number of carbonyl (C=O) groups is 1. The van der Waals surface area contributed by atoms with Crippen molar-refractivity contribution in [3.63, 3.8) is 0 Å². The molecule has 4 rings (SSSR count). The van der Waals surface area contributed by atoms with E-state index >= 15 is 0 Å². The highest BCUT2D eigenvalue weighted by Gasteiger charge is 2.19. The van der Waals surface area contributed by atoms with Gasteiger partial charge in [-0.3, -0.25) is 10.1 Å². The van der Waals surface area contributed by atoms with Crippen molar-refractivity contribution in [2.24, 2.45) is 0 Å². The number of rotatable bonds is 6. The number of aromatic nitrogens is 3. The molecule has 7 nitrogen and oxygen atoms in total. The van der Waals surface area contributed by atoms with Crippen LogP contribution in [0.15, 0.2) is 47.8 Å². The molecule has 0 aliphatic rings. The van der Waals surface area contributed by atoms with Gasteiger partial charge >= 0.3 is 0 Å². The van der Waals surface area contributed by atoms with Gasteiger partial charge in [-0.1, -0.05) is 23.2 Å². The molecule has 1 unspecified atom stereocenters. The van der Waals surface area contributed by atoms with Crippen molar-refractivity contribution in [2.75, 3.05) is 12.4 Å². The number of hydrogen-bond acceptors (Lipinski definition) is 6. The van der Waals surface area contributed by atoms with Crippen LogP contribution < -0.4 is 14.8 Å². The average Bonchev–Trinajstić information content (AvgIpc) is 3.30. The summed E-state index contributed by atoms with van der Waals surface area (Å²) in [7, 11) is 1.58. The molecular formula is C20H16Cl2N4O3S. The molecule has 1 amide bonds. The van der Waals surface area contributed by atoms with Crippen LogP contribution in [0, 0.1) is 0 Å². The lowest BCUT2D eigenvalue weighted by molar-refractivity contribution is -0.122. The van der Waals surface area contributed by atoms with E-state index in [2.05, 4.69) is 15.4 Å². The second-order valence-electron chi connectivity index (χ2n) is 6.30. The van der Waals surface area contributed by atoms with Crippen molar-refractivity contribution in [3.05, 3.63) is 57.9 Å². The van der Waals surface area contributed by atoms with E-state index in [1.807, 2.05) is 5.38 Å². The molecule has 0 fully saturated rings. The molecule has 30 heavy (non-hydrogen) atoms. The first-order valence-corrected chi connectivity index (χ1v) is 10.5. The van der Waals surface area contributed by atoms with Gasteiger partial charge < -0.3 is 9.47 Å². The molecule has 0 aliphatic carbocycles. The molecule has 1 atom stereocenters. The van der Waals surface area contributed by atoms with Crippen molar-refractivity contribution in [2.45, 2.75) is 13.0 Å². The van der Waals surface area contributed by atoms with Crippen LogP contribution in [0.3, 0.4) is 0 Å². The summed E-state index contributed by atoms with van der Waals surface area (Å²) in [6, 6.07) is 12.2. The molecule has 0 saturated carbocycles. The van der Waals surface area contributed by atoms with Gasteiger partial charge in [0.2, 0.25) is 4.96 Å². The maximum absolute atomic E-state index is 12.5. The highest BCUT2D eigenvalue weighted by molar-refractivity contribution is 7.15. The van der Waals surface area contributed by atoms with E-state index in [0.29, 0.717) is 26.5 Å². The Bertz CT molecular complexity index is 1210. The summed E-state index contributed by atoms with van der Waals surface area (Å²) >= 11 is 13.8. The third-order valence-electron chi connectivity index (χ3n) is 4.26. The van der Waals surface area contributed by atoms with E-state index in [-0.39, 0.29) is 11.9 Å². The first kappa shape index (κ1) is 20.5. The monoisotopic (exact) mass is 462 g/mol. The minimum atomic E-state index is -0.748. The van der Waals surface area contributed by atoms with Crippen LogP contribution >= 0.6 is 34.5 Å². The van der Waals surface area contributed by atoms with Crippen molar-refractivity contribution < 1.29 is 14.3 Å². The van der Waals surface area contributed by atoms with Crippen LogP contribution in [0.4, 0.5) is 5.95 Å². The minimum absolute atomic E-state index is 0.177. The van der Waals surface area contributed by atoms with Crippen LogP contribution in [0.1, 0.15) is 6.92 Å². The van der Waals surface area contributed by atoms with Gasteiger partial charge in [-0.2, -0.15) is 4.98 Å². The summed E-state index contributed by atoms with van der Waals surface area (Å²) in [5.74, 6) is 1.07. The molecule has 0 aliphatic heterocycles. The maximum atomic E-state index is 12.5. The quantitative estimate of drug-likeness (QED) is 0.427. The first-order valence-electron chi connectivity index (χ1n) is 8.86. The number of nitrogens with zero attached hydrogens (tertiary/aromatic N) is 3. The fourth-order valence-corrected chi connectivity index (χ4v) is 3.95. The van der Waals surface area contributed by atoms with Gasteiger partial charge in [0.25, 0.3) is 11.9 Å². The number of carbonyl (C=O) groups excluding carboxylic acids is 1. The zero-order valence-corrected chi connectivity index (χ0v) is 18.3. The number of benzene rings is 2. The van der Waals surface area contributed by atoms with Crippen molar-refractivity contribution in [1.82, 2.24) is 14.6 Å². The fourth-order valence-electron chi connectivity index (χ4n) is 2.74. The van der Waals surface area contributed by atoms with Gasteiger partial charge in [-0.05, 0) is 49.4 Å². The minimum Gasteiger partial charge on any atom is -0.497 e. The van der Waals surface area contributed by atoms with E-state index in [4.69, 9.17) is 32.7 Å². The normalized spacial score (nSPS) is 12.0. The predicted molar refractivity (Wildman–Crippen MR) is 118 cm³/mol. The largest absolute Gasteiger partial charge is 0.497 e. The number of thiazole rings is 1. The second kappa shape index (κ2) is 8.51. The Labute approximate surface area is 186 Å². The van der Waals surface area contributed by atoms with Crippen LogP contribution in [-0.2, 0) is 4.79 Å². The third-order valence-corrected chi connectivity index (χ3v) is 5.64. The Kier molecular flexibility index (Phi) is 5.80. The number of hydrogen-bond donors (Lipinski definition) is 1. The molecule has 0 saturated heterocycles. The van der Waals surface area contributed by atoms with E-state index in [9.17, 15) is 4.79 Å². The molecule has 10 heteroatoms. The summed E-state index contributed by atoms with van der Waals surface area (Å²) in [5, 5.41) is 10.1. The van der Waals surface area contributed by atoms with E-state index < -0.39 is 6.10 Å². The summed E-state index contributed by atoms with van der Waals surface area (Å²) in [6.45, 7) is 1.65. The standard InChI is InChI=1S/C20H16Cl2N4O3S/c1-11(29-14-6-4-13(28-2)5-7-14)18(27)23-19-24-20-26(25-19)17(10-30-20)15-9-12(21)3-8-16(15)22/h3-11H,1-2H3,(H,23,25,27). The van der Waals surface area contributed by atoms with E-state index in [0.717, 1.165) is 11.3 Å². The third kappa shape index (κ3) is 4.21. The van der Waals surface area contributed by atoms with Gasteiger partial charge in [0, 0.05) is 16.0 Å². The zero-order chi connectivity index (χ0) is 21.3. The smallest absolute Gasteiger partial charge is 0.267 e. The van der Waals surface area contributed by atoms with Crippen molar-refractivity contribution >= 4 is 51.4 Å². The lowest BCUT2D eigenvalue weighted by Crippen LogP contribution is -2.30. The molecule has 2 heterocycles. The number of ether oxygens (including phenoxy) is 2. The molecule has 1 N–H and O–H groups in total. The molecule has 154 valence electrons. The highest BCUT2D eigenvalue weighted by atomic mass is 35.5. The van der Waals surface area contributed by atoms with Crippen LogP contribution in [-0.4, -0.2) is 33.7 Å². The van der Waals surface area contributed by atoms with E-state index in [1.54, 1.807) is 61.0 Å². The summed E-state index contributed by atoms with van der Waals surface area (Å²) < 4.78 is 12.4. The predicted octanol–water partition coefficient (Wildman–Crippen LogP) is 5.18. The van der Waals surface area contributed by atoms with Crippen molar-refractivity contribution in [1.29, 1.82) is 0 Å². The van der Waals surface area contributed by atoms with Crippen LogP contribution in [0.2, 0.25) is 10.0 Å². The summed E-state index contributed by atoms with van der Waals surface area (Å²) in [6.07, 6.45) is -0.748. The Hall–Kier alpha value is -2.81. The Morgan fingerprint density at radius 1 is 1.17 bits per heavy atom. The Balaban J connectivity index is 1.50. The summed E-state index contributed by atoms with van der Waals surface area (Å²) in [4.78, 5) is 17.5. The summed E-state index contributed by atoms with van der Waals surface area (Å²) in [5.41, 5.74) is 1.47. The fraction of sp³-hybridized carbons (Fsp3) is 0.150. The maximum Gasteiger partial charge on any atom is 0.267 e. The molecule has 2 aromatic heterocycles. The van der Waals surface area contributed by atoms with Gasteiger partial charge in [0.15, 0.2) is 6.10 Å². The number of methoxy groups -OCH3 is 1. The Morgan fingerprint density at radius 3 is 2.63 bits per heavy atom. The number of fused-ring (bicyclic) bond motifs is 1. The average molecular weight is 463 g/mol. The van der Waals surface area contributed by atoms with Crippen molar-refractivity contribution in [3.8, 4) is 22.8 Å².